The molecule has 1 aliphatic heterocycles. The van der Waals surface area contributed by atoms with Crippen LogP contribution in [0.3, 0.4) is 0 Å². The number of benzene rings is 1. The molecular weight excluding hydrogens is 202 g/mol. The van der Waals surface area contributed by atoms with Crippen molar-refractivity contribution in [2.75, 3.05) is 5.32 Å². The molecule has 0 bridgehead atoms. The third-order valence-electron chi connectivity index (χ3n) is 2.79. The summed E-state index contributed by atoms with van der Waals surface area (Å²) >= 11 is 0. The Morgan fingerprint density at radius 2 is 1.88 bits per heavy atom. The smallest absolute Gasteiger partial charge is 0.228 e. The van der Waals surface area contributed by atoms with Gasteiger partial charge in [0.15, 0.2) is 0 Å². The second-order valence-corrected chi connectivity index (χ2v) is 4.99. The molecule has 0 fully saturated rings. The van der Waals surface area contributed by atoms with Crippen LogP contribution in [0.15, 0.2) is 12.1 Å². The van der Waals surface area contributed by atoms with E-state index in [9.17, 15) is 4.79 Å². The zero-order valence-electron chi connectivity index (χ0n) is 10.2. The number of hydrogen-bond donors (Lipinski definition) is 1. The van der Waals surface area contributed by atoms with Crippen LogP contribution in [0.1, 0.15) is 31.4 Å². The van der Waals surface area contributed by atoms with Crippen LogP contribution in [-0.2, 0) is 4.79 Å². The number of ether oxygens (including phenoxy) is 1. The fourth-order valence-electron chi connectivity index (χ4n) is 1.95. The molecule has 16 heavy (non-hydrogen) atoms. The molecule has 0 spiro atoms. The molecule has 3 nitrogen and oxygen atoms in total. The Labute approximate surface area is 95.8 Å². The van der Waals surface area contributed by atoms with Gasteiger partial charge in [0, 0.05) is 0 Å². The Hall–Kier alpha value is -1.51. The SMILES string of the molecule is Cc1ccc(C)c2c1NC(=O)CC(C)(C)O2. The number of anilines is 1. The summed E-state index contributed by atoms with van der Waals surface area (Å²) in [5.41, 5.74) is 2.45. The molecule has 0 radical (unpaired) electrons. The van der Waals surface area contributed by atoms with E-state index in [1.807, 2.05) is 39.8 Å². The number of fused-ring (bicyclic) bond motifs is 1. The van der Waals surface area contributed by atoms with E-state index < -0.39 is 5.60 Å². The van der Waals surface area contributed by atoms with Crippen molar-refractivity contribution in [3.63, 3.8) is 0 Å². The van der Waals surface area contributed by atoms with E-state index in [1.165, 1.54) is 0 Å². The lowest BCUT2D eigenvalue weighted by Crippen LogP contribution is -2.31. The maximum absolute atomic E-state index is 11.7. The van der Waals surface area contributed by atoms with Crippen LogP contribution in [0.25, 0.3) is 0 Å². The largest absolute Gasteiger partial charge is 0.485 e. The van der Waals surface area contributed by atoms with Crippen molar-refractivity contribution >= 4 is 11.6 Å². The first-order chi connectivity index (χ1) is 7.39. The highest BCUT2D eigenvalue weighted by molar-refractivity contribution is 5.95. The van der Waals surface area contributed by atoms with Gasteiger partial charge in [-0.25, -0.2) is 0 Å². The van der Waals surface area contributed by atoms with Crippen molar-refractivity contribution in [1.82, 2.24) is 0 Å². The summed E-state index contributed by atoms with van der Waals surface area (Å²) in [6.07, 6.45) is 0.376. The van der Waals surface area contributed by atoms with E-state index in [0.717, 1.165) is 22.6 Å². The quantitative estimate of drug-likeness (QED) is 0.728. The molecule has 1 N–H and O–H groups in total. The molecule has 2 rings (SSSR count). The molecule has 0 saturated carbocycles. The van der Waals surface area contributed by atoms with Gasteiger partial charge in [-0.3, -0.25) is 4.79 Å². The summed E-state index contributed by atoms with van der Waals surface area (Å²) < 4.78 is 5.94. The highest BCUT2D eigenvalue weighted by atomic mass is 16.5. The van der Waals surface area contributed by atoms with E-state index >= 15 is 0 Å². The summed E-state index contributed by atoms with van der Waals surface area (Å²) in [5, 5.41) is 2.92. The zero-order chi connectivity index (χ0) is 11.9. The first-order valence-corrected chi connectivity index (χ1v) is 5.48. The van der Waals surface area contributed by atoms with Crippen LogP contribution in [0.4, 0.5) is 5.69 Å². The number of aryl methyl sites for hydroxylation is 2. The van der Waals surface area contributed by atoms with Crippen molar-refractivity contribution in [2.24, 2.45) is 0 Å². The van der Waals surface area contributed by atoms with Crippen LogP contribution in [-0.4, -0.2) is 11.5 Å². The van der Waals surface area contributed by atoms with Crippen molar-refractivity contribution < 1.29 is 9.53 Å². The lowest BCUT2D eigenvalue weighted by molar-refractivity contribution is -0.118. The van der Waals surface area contributed by atoms with E-state index in [2.05, 4.69) is 5.32 Å². The van der Waals surface area contributed by atoms with Crippen LogP contribution in [0, 0.1) is 13.8 Å². The lowest BCUT2D eigenvalue weighted by Gasteiger charge is -2.24. The van der Waals surface area contributed by atoms with Crippen molar-refractivity contribution in [2.45, 2.75) is 39.7 Å². The molecule has 0 saturated heterocycles. The summed E-state index contributed by atoms with van der Waals surface area (Å²) in [4.78, 5) is 11.7. The average molecular weight is 219 g/mol. The van der Waals surface area contributed by atoms with Gasteiger partial charge in [-0.15, -0.1) is 0 Å². The lowest BCUT2D eigenvalue weighted by atomic mass is 10.1. The van der Waals surface area contributed by atoms with E-state index in [4.69, 9.17) is 4.74 Å². The van der Waals surface area contributed by atoms with Gasteiger partial charge >= 0.3 is 0 Å². The maximum Gasteiger partial charge on any atom is 0.228 e. The molecule has 1 amide bonds. The fourth-order valence-corrected chi connectivity index (χ4v) is 1.95. The number of amides is 1. The minimum atomic E-state index is -0.451. The molecule has 1 aliphatic rings. The van der Waals surface area contributed by atoms with Gasteiger partial charge in [-0.1, -0.05) is 12.1 Å². The van der Waals surface area contributed by atoms with Gasteiger partial charge in [0.1, 0.15) is 11.4 Å². The third kappa shape index (κ3) is 1.90. The van der Waals surface area contributed by atoms with Crippen LogP contribution in [0.2, 0.25) is 0 Å². The molecule has 86 valence electrons. The molecule has 0 unspecified atom stereocenters. The normalized spacial score (nSPS) is 18.1. The highest BCUT2D eigenvalue weighted by Gasteiger charge is 2.30. The van der Waals surface area contributed by atoms with Gasteiger partial charge in [0.05, 0.1) is 12.1 Å². The molecular formula is C13H17NO2. The first kappa shape index (κ1) is 11.0. The summed E-state index contributed by atoms with van der Waals surface area (Å²) in [6.45, 7) is 7.83. The molecule has 0 aromatic heterocycles. The van der Waals surface area contributed by atoms with E-state index in [-0.39, 0.29) is 5.91 Å². The molecule has 0 atom stereocenters. The number of nitrogens with one attached hydrogen (secondary N) is 1. The van der Waals surface area contributed by atoms with Gasteiger partial charge in [-0.2, -0.15) is 0 Å². The highest BCUT2D eigenvalue weighted by Crippen LogP contribution is 2.37. The summed E-state index contributed by atoms with van der Waals surface area (Å²) in [7, 11) is 0. The van der Waals surface area contributed by atoms with Gasteiger partial charge < -0.3 is 10.1 Å². The predicted molar refractivity (Wildman–Crippen MR) is 63.9 cm³/mol. The van der Waals surface area contributed by atoms with Crippen molar-refractivity contribution in [3.05, 3.63) is 23.3 Å². The standard InChI is InChI=1S/C13H17NO2/c1-8-5-6-9(2)12-11(8)14-10(15)7-13(3,4)16-12/h5-6H,7H2,1-4H3,(H,14,15). The van der Waals surface area contributed by atoms with Gasteiger partial charge in [0.25, 0.3) is 0 Å². The van der Waals surface area contributed by atoms with Gasteiger partial charge in [0.2, 0.25) is 5.91 Å². The Bertz CT molecular complexity index is 449. The Balaban J connectivity index is 2.58. The van der Waals surface area contributed by atoms with E-state index in [0.29, 0.717) is 6.42 Å². The predicted octanol–water partition coefficient (Wildman–Crippen LogP) is 2.80. The average Bonchev–Trinajstić information content (AvgIpc) is 2.27. The molecule has 0 aliphatic carbocycles. The van der Waals surface area contributed by atoms with Crippen LogP contribution >= 0.6 is 0 Å². The second kappa shape index (κ2) is 3.51. The Morgan fingerprint density at radius 1 is 1.25 bits per heavy atom. The van der Waals surface area contributed by atoms with Crippen LogP contribution < -0.4 is 10.1 Å². The second-order valence-electron chi connectivity index (χ2n) is 4.99. The minimum absolute atomic E-state index is 0.0115. The first-order valence-electron chi connectivity index (χ1n) is 5.48. The molecule has 1 aromatic rings. The maximum atomic E-state index is 11.7. The minimum Gasteiger partial charge on any atom is -0.485 e. The Kier molecular flexibility index (Phi) is 2.41. The Morgan fingerprint density at radius 3 is 2.56 bits per heavy atom. The van der Waals surface area contributed by atoms with Gasteiger partial charge in [-0.05, 0) is 38.8 Å². The van der Waals surface area contributed by atoms with Crippen molar-refractivity contribution in [3.8, 4) is 5.75 Å². The monoisotopic (exact) mass is 219 g/mol. The molecule has 1 aromatic carbocycles. The van der Waals surface area contributed by atoms with E-state index in [1.54, 1.807) is 0 Å². The molecule has 3 heteroatoms. The molecule has 1 heterocycles. The third-order valence-corrected chi connectivity index (χ3v) is 2.79. The topological polar surface area (TPSA) is 38.3 Å². The summed E-state index contributed by atoms with van der Waals surface area (Å²) in [6, 6.07) is 4.01. The number of hydrogen-bond acceptors (Lipinski definition) is 2. The zero-order valence-corrected chi connectivity index (χ0v) is 10.2. The number of carbonyl (C=O) groups is 1. The van der Waals surface area contributed by atoms with Crippen molar-refractivity contribution in [1.29, 1.82) is 0 Å². The fraction of sp³-hybridized carbons (Fsp3) is 0.462. The number of carbonyl (C=O) groups excluding carboxylic acids is 1. The van der Waals surface area contributed by atoms with Crippen LogP contribution in [0.5, 0.6) is 5.75 Å². The summed E-state index contributed by atoms with van der Waals surface area (Å²) in [5.74, 6) is 0.813. The number of rotatable bonds is 0.